The Morgan fingerprint density at radius 3 is 2.73 bits per heavy atom. The van der Waals surface area contributed by atoms with E-state index in [-0.39, 0.29) is 16.4 Å². The molecular weight excluding hydrogens is 311 g/mol. The standard InChI is InChI=1S/C15H10ClFN2O3/c16-12-5-2-6-13(15(12)17)18-14(20)8-7-10-3-1-4-11(9-10)19(21)22/h1-9H,(H,18,20)/b8-7+. The summed E-state index contributed by atoms with van der Waals surface area (Å²) >= 11 is 5.61. The third kappa shape index (κ3) is 3.89. The molecule has 7 heteroatoms. The second-order valence-corrected chi connectivity index (χ2v) is 4.68. The fourth-order valence-corrected chi connectivity index (χ4v) is 1.86. The van der Waals surface area contributed by atoms with Crippen molar-refractivity contribution in [2.24, 2.45) is 0 Å². The number of carbonyl (C=O) groups is 1. The van der Waals surface area contributed by atoms with Crippen LogP contribution < -0.4 is 5.32 Å². The van der Waals surface area contributed by atoms with E-state index in [1.807, 2.05) is 0 Å². The van der Waals surface area contributed by atoms with E-state index >= 15 is 0 Å². The Bertz CT molecular complexity index is 762. The average molecular weight is 321 g/mol. The van der Waals surface area contributed by atoms with Gasteiger partial charge in [0, 0.05) is 18.2 Å². The van der Waals surface area contributed by atoms with Crippen molar-refractivity contribution in [1.29, 1.82) is 0 Å². The highest BCUT2D eigenvalue weighted by molar-refractivity contribution is 6.31. The van der Waals surface area contributed by atoms with Gasteiger partial charge >= 0.3 is 0 Å². The normalized spacial score (nSPS) is 10.6. The fraction of sp³-hybridized carbons (Fsp3) is 0. The van der Waals surface area contributed by atoms with E-state index in [1.165, 1.54) is 42.5 Å². The molecule has 0 aliphatic heterocycles. The van der Waals surface area contributed by atoms with Crippen molar-refractivity contribution in [3.63, 3.8) is 0 Å². The number of amides is 1. The van der Waals surface area contributed by atoms with Crippen molar-refractivity contribution in [3.05, 3.63) is 75.1 Å². The predicted octanol–water partition coefficient (Wildman–Crippen LogP) is 4.04. The van der Waals surface area contributed by atoms with E-state index in [9.17, 15) is 19.3 Å². The Morgan fingerprint density at radius 1 is 1.27 bits per heavy atom. The van der Waals surface area contributed by atoms with E-state index in [0.717, 1.165) is 6.08 Å². The SMILES string of the molecule is O=C(/C=C/c1cccc([N+](=O)[O-])c1)Nc1cccc(Cl)c1F. The Balaban J connectivity index is 2.10. The average Bonchev–Trinajstić information content (AvgIpc) is 2.50. The summed E-state index contributed by atoms with van der Waals surface area (Å²) in [5, 5.41) is 12.9. The summed E-state index contributed by atoms with van der Waals surface area (Å²) < 4.78 is 13.6. The molecule has 0 unspecified atom stereocenters. The van der Waals surface area contributed by atoms with Crippen LogP contribution in [-0.2, 0) is 4.79 Å². The van der Waals surface area contributed by atoms with Crippen molar-refractivity contribution in [2.75, 3.05) is 5.32 Å². The van der Waals surface area contributed by atoms with Gasteiger partial charge in [0.15, 0.2) is 5.82 Å². The number of nitro benzene ring substituents is 1. The molecule has 0 bridgehead atoms. The number of nitrogens with zero attached hydrogens (tertiary/aromatic N) is 1. The zero-order chi connectivity index (χ0) is 16.1. The van der Waals surface area contributed by atoms with E-state index in [2.05, 4.69) is 5.32 Å². The Labute approximate surface area is 130 Å². The highest BCUT2D eigenvalue weighted by Crippen LogP contribution is 2.22. The first-order chi connectivity index (χ1) is 10.5. The van der Waals surface area contributed by atoms with Crippen LogP contribution in [-0.4, -0.2) is 10.8 Å². The second-order valence-electron chi connectivity index (χ2n) is 4.28. The number of nitro groups is 1. The maximum absolute atomic E-state index is 13.6. The van der Waals surface area contributed by atoms with Crippen LogP contribution in [0.3, 0.4) is 0 Å². The molecule has 0 aliphatic rings. The molecule has 0 heterocycles. The van der Waals surface area contributed by atoms with Gasteiger partial charge in [-0.25, -0.2) is 4.39 Å². The first kappa shape index (κ1) is 15.7. The molecule has 0 fully saturated rings. The van der Waals surface area contributed by atoms with Gasteiger partial charge in [-0.05, 0) is 23.8 Å². The predicted molar refractivity (Wildman–Crippen MR) is 82.2 cm³/mol. The monoisotopic (exact) mass is 320 g/mol. The van der Waals surface area contributed by atoms with Gasteiger partial charge < -0.3 is 5.32 Å². The van der Waals surface area contributed by atoms with Crippen molar-refractivity contribution in [1.82, 2.24) is 0 Å². The maximum Gasteiger partial charge on any atom is 0.270 e. The van der Waals surface area contributed by atoms with Gasteiger partial charge in [-0.3, -0.25) is 14.9 Å². The highest BCUT2D eigenvalue weighted by atomic mass is 35.5. The number of anilines is 1. The molecule has 0 aliphatic carbocycles. The van der Waals surface area contributed by atoms with Gasteiger partial charge in [-0.1, -0.05) is 29.8 Å². The smallest absolute Gasteiger partial charge is 0.270 e. The van der Waals surface area contributed by atoms with Crippen molar-refractivity contribution in [2.45, 2.75) is 0 Å². The third-order valence-electron chi connectivity index (χ3n) is 2.72. The van der Waals surface area contributed by atoms with Gasteiger partial charge in [0.25, 0.3) is 5.69 Å². The number of rotatable bonds is 4. The largest absolute Gasteiger partial charge is 0.320 e. The number of non-ortho nitro benzene ring substituents is 1. The van der Waals surface area contributed by atoms with Gasteiger partial charge in [0.1, 0.15) is 0 Å². The number of hydrogen-bond acceptors (Lipinski definition) is 3. The minimum atomic E-state index is -0.721. The van der Waals surface area contributed by atoms with Crippen molar-refractivity contribution >= 4 is 35.0 Å². The third-order valence-corrected chi connectivity index (χ3v) is 3.01. The van der Waals surface area contributed by atoms with E-state index in [1.54, 1.807) is 6.07 Å². The Morgan fingerprint density at radius 2 is 2.00 bits per heavy atom. The zero-order valence-electron chi connectivity index (χ0n) is 11.1. The molecular formula is C15H10ClFN2O3. The Kier molecular flexibility index (Phi) is 4.85. The van der Waals surface area contributed by atoms with Crippen LogP contribution in [0.15, 0.2) is 48.5 Å². The lowest BCUT2D eigenvalue weighted by molar-refractivity contribution is -0.384. The molecule has 5 nitrogen and oxygen atoms in total. The van der Waals surface area contributed by atoms with Gasteiger partial charge in [0.05, 0.1) is 15.6 Å². The minimum absolute atomic E-state index is 0.0406. The summed E-state index contributed by atoms with van der Waals surface area (Å²) in [5.41, 5.74) is 0.362. The summed E-state index contributed by atoms with van der Waals surface area (Å²) in [6, 6.07) is 10.0. The molecule has 22 heavy (non-hydrogen) atoms. The van der Waals surface area contributed by atoms with E-state index in [4.69, 9.17) is 11.6 Å². The molecule has 2 rings (SSSR count). The summed E-state index contributed by atoms with van der Waals surface area (Å²) in [5.74, 6) is -1.30. The van der Waals surface area contributed by atoms with Crippen molar-refractivity contribution < 1.29 is 14.1 Å². The summed E-state index contributed by atoms with van der Waals surface area (Å²) in [6.45, 7) is 0. The quantitative estimate of drug-likeness (QED) is 0.525. The van der Waals surface area contributed by atoms with Gasteiger partial charge in [-0.2, -0.15) is 0 Å². The molecule has 0 radical (unpaired) electrons. The lowest BCUT2D eigenvalue weighted by Crippen LogP contribution is -2.09. The van der Waals surface area contributed by atoms with Crippen LogP contribution in [0.4, 0.5) is 15.8 Å². The number of carbonyl (C=O) groups excluding carboxylic acids is 1. The molecule has 0 aromatic heterocycles. The fourth-order valence-electron chi connectivity index (χ4n) is 1.69. The maximum atomic E-state index is 13.6. The van der Waals surface area contributed by atoms with E-state index < -0.39 is 16.6 Å². The molecule has 0 saturated carbocycles. The first-order valence-electron chi connectivity index (χ1n) is 6.15. The number of hydrogen-bond donors (Lipinski definition) is 1. The molecule has 0 saturated heterocycles. The van der Waals surface area contributed by atoms with Crippen molar-refractivity contribution in [3.8, 4) is 0 Å². The first-order valence-corrected chi connectivity index (χ1v) is 6.52. The summed E-state index contributed by atoms with van der Waals surface area (Å²) in [7, 11) is 0. The van der Waals surface area contributed by atoms with Crippen LogP contribution in [0.5, 0.6) is 0 Å². The molecule has 0 atom stereocenters. The molecule has 1 amide bonds. The lowest BCUT2D eigenvalue weighted by Gasteiger charge is -2.04. The van der Waals surface area contributed by atoms with E-state index in [0.29, 0.717) is 5.56 Å². The van der Waals surface area contributed by atoms with Crippen LogP contribution in [0.2, 0.25) is 5.02 Å². The van der Waals surface area contributed by atoms with Crippen LogP contribution in [0, 0.1) is 15.9 Å². The van der Waals surface area contributed by atoms with Gasteiger partial charge in [0.2, 0.25) is 5.91 Å². The molecule has 112 valence electrons. The number of nitrogens with one attached hydrogen (secondary N) is 1. The highest BCUT2D eigenvalue weighted by Gasteiger charge is 2.08. The Hall–Kier alpha value is -2.73. The second kappa shape index (κ2) is 6.82. The number of halogens is 2. The minimum Gasteiger partial charge on any atom is -0.320 e. The van der Waals surface area contributed by atoms with Gasteiger partial charge in [-0.15, -0.1) is 0 Å². The lowest BCUT2D eigenvalue weighted by atomic mass is 10.2. The summed E-state index contributed by atoms with van der Waals surface area (Å²) in [4.78, 5) is 21.8. The molecule has 2 aromatic carbocycles. The van der Waals surface area contributed by atoms with Crippen LogP contribution in [0.25, 0.3) is 6.08 Å². The number of benzene rings is 2. The topological polar surface area (TPSA) is 72.2 Å². The van der Waals surface area contributed by atoms with Crippen LogP contribution in [0.1, 0.15) is 5.56 Å². The molecule has 1 N–H and O–H groups in total. The summed E-state index contributed by atoms with van der Waals surface area (Å²) in [6.07, 6.45) is 2.55. The van der Waals surface area contributed by atoms with Crippen LogP contribution >= 0.6 is 11.6 Å². The molecule has 2 aromatic rings. The zero-order valence-corrected chi connectivity index (χ0v) is 11.9. The molecule has 0 spiro atoms.